The van der Waals surface area contributed by atoms with E-state index in [0.717, 1.165) is 6.07 Å². The van der Waals surface area contributed by atoms with E-state index < -0.39 is 15.8 Å². The zero-order valence-corrected chi connectivity index (χ0v) is 12.5. The maximum Gasteiger partial charge on any atom is 0.243 e. The Balaban J connectivity index is 3.22. The van der Waals surface area contributed by atoms with Crippen molar-refractivity contribution >= 4 is 15.7 Å². The van der Waals surface area contributed by atoms with Gasteiger partial charge in [-0.1, -0.05) is 13.8 Å². The van der Waals surface area contributed by atoms with Gasteiger partial charge in [0.25, 0.3) is 0 Å². The van der Waals surface area contributed by atoms with Crippen molar-refractivity contribution in [3.63, 3.8) is 0 Å². The molecular weight excluding hydrogens is 267 g/mol. The SMILES string of the molecule is CC(C)CN(C(C)C)S(=O)(=O)c1ccc(N)c(F)c1. The van der Waals surface area contributed by atoms with E-state index in [1.807, 2.05) is 13.8 Å². The molecule has 19 heavy (non-hydrogen) atoms. The van der Waals surface area contributed by atoms with Gasteiger partial charge < -0.3 is 5.73 Å². The van der Waals surface area contributed by atoms with E-state index in [4.69, 9.17) is 5.73 Å². The minimum Gasteiger partial charge on any atom is -0.396 e. The molecule has 0 aliphatic rings. The van der Waals surface area contributed by atoms with Gasteiger partial charge in [0.1, 0.15) is 5.82 Å². The van der Waals surface area contributed by atoms with Crippen LogP contribution < -0.4 is 5.73 Å². The van der Waals surface area contributed by atoms with Gasteiger partial charge in [-0.25, -0.2) is 12.8 Å². The molecular formula is C13H21FN2O2S. The van der Waals surface area contributed by atoms with Gasteiger partial charge in [-0.05, 0) is 38.0 Å². The lowest BCUT2D eigenvalue weighted by Crippen LogP contribution is -2.39. The summed E-state index contributed by atoms with van der Waals surface area (Å²) in [7, 11) is -3.70. The summed E-state index contributed by atoms with van der Waals surface area (Å²) in [4.78, 5) is -0.0615. The van der Waals surface area contributed by atoms with Crippen LogP contribution in [0.5, 0.6) is 0 Å². The second-order valence-corrected chi connectivity index (χ2v) is 7.14. The van der Waals surface area contributed by atoms with Gasteiger partial charge in [0, 0.05) is 12.6 Å². The fourth-order valence-electron chi connectivity index (χ4n) is 1.75. The molecule has 0 atom stereocenters. The molecule has 0 saturated heterocycles. The first-order valence-electron chi connectivity index (χ1n) is 6.23. The van der Waals surface area contributed by atoms with Crippen LogP contribution in [-0.2, 0) is 10.0 Å². The summed E-state index contributed by atoms with van der Waals surface area (Å²) < 4.78 is 39.8. The Labute approximate surface area is 114 Å². The second-order valence-electron chi connectivity index (χ2n) is 5.25. The third kappa shape index (κ3) is 3.67. The van der Waals surface area contributed by atoms with Gasteiger partial charge >= 0.3 is 0 Å². The summed E-state index contributed by atoms with van der Waals surface area (Å²) in [5.74, 6) is -0.523. The van der Waals surface area contributed by atoms with Gasteiger partial charge in [-0.15, -0.1) is 0 Å². The summed E-state index contributed by atoms with van der Waals surface area (Å²) in [6.07, 6.45) is 0. The smallest absolute Gasteiger partial charge is 0.243 e. The van der Waals surface area contributed by atoms with Crippen molar-refractivity contribution in [2.45, 2.75) is 38.6 Å². The van der Waals surface area contributed by atoms with Crippen LogP contribution >= 0.6 is 0 Å². The highest BCUT2D eigenvalue weighted by molar-refractivity contribution is 7.89. The summed E-state index contributed by atoms with van der Waals surface area (Å²) in [6, 6.07) is 3.40. The number of anilines is 1. The van der Waals surface area contributed by atoms with Crippen molar-refractivity contribution < 1.29 is 12.8 Å². The van der Waals surface area contributed by atoms with E-state index in [0.29, 0.717) is 6.54 Å². The maximum absolute atomic E-state index is 13.4. The predicted octanol–water partition coefficient (Wildman–Crippen LogP) is 2.46. The van der Waals surface area contributed by atoms with E-state index in [2.05, 4.69) is 0 Å². The zero-order chi connectivity index (χ0) is 14.8. The standard InChI is InChI=1S/C13H21FN2O2S/c1-9(2)8-16(10(3)4)19(17,18)11-5-6-13(15)12(14)7-11/h5-7,9-10H,8,15H2,1-4H3. The topological polar surface area (TPSA) is 63.4 Å². The highest BCUT2D eigenvalue weighted by Gasteiger charge is 2.28. The van der Waals surface area contributed by atoms with Crippen molar-refractivity contribution in [1.29, 1.82) is 0 Å². The maximum atomic E-state index is 13.4. The van der Waals surface area contributed by atoms with Crippen LogP contribution in [0.2, 0.25) is 0 Å². The molecule has 2 N–H and O–H groups in total. The highest BCUT2D eigenvalue weighted by atomic mass is 32.2. The molecule has 0 bridgehead atoms. The normalized spacial score (nSPS) is 12.6. The molecule has 0 aliphatic carbocycles. The summed E-state index contributed by atoms with van der Waals surface area (Å²) >= 11 is 0. The quantitative estimate of drug-likeness (QED) is 0.847. The Hall–Kier alpha value is -1.14. The van der Waals surface area contributed by atoms with Crippen LogP contribution in [0, 0.1) is 11.7 Å². The van der Waals surface area contributed by atoms with E-state index in [1.165, 1.54) is 16.4 Å². The average Bonchev–Trinajstić information content (AvgIpc) is 2.28. The van der Waals surface area contributed by atoms with E-state index >= 15 is 0 Å². The molecule has 1 rings (SSSR count). The first kappa shape index (κ1) is 15.9. The van der Waals surface area contributed by atoms with Crippen LogP contribution in [0.15, 0.2) is 23.1 Å². The Morgan fingerprint density at radius 2 is 1.84 bits per heavy atom. The fourth-order valence-corrected chi connectivity index (χ4v) is 3.56. The molecule has 1 aromatic rings. The Morgan fingerprint density at radius 1 is 1.26 bits per heavy atom. The molecule has 4 nitrogen and oxygen atoms in total. The largest absolute Gasteiger partial charge is 0.396 e. The molecule has 0 unspecified atom stereocenters. The first-order chi connectivity index (χ1) is 8.66. The van der Waals surface area contributed by atoms with Crippen LogP contribution in [0.4, 0.5) is 10.1 Å². The van der Waals surface area contributed by atoms with E-state index in [1.54, 1.807) is 13.8 Å². The first-order valence-corrected chi connectivity index (χ1v) is 7.67. The summed E-state index contributed by atoms with van der Waals surface area (Å²) in [6.45, 7) is 7.87. The van der Waals surface area contributed by atoms with Gasteiger partial charge in [0.2, 0.25) is 10.0 Å². The molecule has 0 amide bonds. The molecule has 0 heterocycles. The molecule has 108 valence electrons. The number of sulfonamides is 1. The molecule has 0 aliphatic heterocycles. The van der Waals surface area contributed by atoms with Gasteiger partial charge in [0.15, 0.2) is 0 Å². The van der Waals surface area contributed by atoms with E-state index in [9.17, 15) is 12.8 Å². The van der Waals surface area contributed by atoms with Crippen molar-refractivity contribution in [3.8, 4) is 0 Å². The van der Waals surface area contributed by atoms with Gasteiger partial charge in [-0.2, -0.15) is 4.31 Å². The minimum atomic E-state index is -3.70. The Morgan fingerprint density at radius 3 is 2.26 bits per heavy atom. The number of benzene rings is 1. The predicted molar refractivity (Wildman–Crippen MR) is 74.7 cm³/mol. The molecule has 0 saturated carbocycles. The minimum absolute atomic E-state index is 0.0566. The Bertz CT molecular complexity index is 542. The van der Waals surface area contributed by atoms with Crippen LogP contribution in [0.3, 0.4) is 0 Å². The number of nitrogen functional groups attached to an aromatic ring is 1. The zero-order valence-electron chi connectivity index (χ0n) is 11.7. The highest BCUT2D eigenvalue weighted by Crippen LogP contribution is 2.22. The van der Waals surface area contributed by atoms with E-state index in [-0.39, 0.29) is 22.5 Å². The lowest BCUT2D eigenvalue weighted by Gasteiger charge is -2.27. The third-order valence-corrected chi connectivity index (χ3v) is 4.74. The monoisotopic (exact) mass is 288 g/mol. The van der Waals surface area contributed by atoms with Crippen LogP contribution in [0.1, 0.15) is 27.7 Å². The van der Waals surface area contributed by atoms with Crippen molar-refractivity contribution in [1.82, 2.24) is 4.31 Å². The number of nitrogens with zero attached hydrogens (tertiary/aromatic N) is 1. The number of hydrogen-bond acceptors (Lipinski definition) is 3. The summed E-state index contributed by atoms with van der Waals surface area (Å²) in [5, 5.41) is 0. The lowest BCUT2D eigenvalue weighted by molar-refractivity contribution is 0.319. The fraction of sp³-hybridized carbons (Fsp3) is 0.538. The lowest BCUT2D eigenvalue weighted by atomic mass is 10.2. The average molecular weight is 288 g/mol. The number of hydrogen-bond donors (Lipinski definition) is 1. The number of nitrogens with two attached hydrogens (primary N) is 1. The van der Waals surface area contributed by atoms with Crippen LogP contribution in [0.25, 0.3) is 0 Å². The summed E-state index contributed by atoms with van der Waals surface area (Å²) in [5.41, 5.74) is 5.31. The van der Waals surface area contributed by atoms with Gasteiger partial charge in [-0.3, -0.25) is 0 Å². The molecule has 0 radical (unpaired) electrons. The molecule has 1 aromatic carbocycles. The molecule has 6 heteroatoms. The number of rotatable bonds is 5. The van der Waals surface area contributed by atoms with Crippen molar-refractivity contribution in [2.24, 2.45) is 5.92 Å². The van der Waals surface area contributed by atoms with Crippen molar-refractivity contribution in [2.75, 3.05) is 12.3 Å². The molecule has 0 spiro atoms. The van der Waals surface area contributed by atoms with Crippen LogP contribution in [-0.4, -0.2) is 25.3 Å². The van der Waals surface area contributed by atoms with Gasteiger partial charge in [0.05, 0.1) is 10.6 Å². The molecule has 0 aromatic heterocycles. The third-order valence-electron chi connectivity index (χ3n) is 2.70. The number of halogens is 1. The Kier molecular flexibility index (Phi) is 4.92. The van der Waals surface area contributed by atoms with Crippen molar-refractivity contribution in [3.05, 3.63) is 24.0 Å². The second kappa shape index (κ2) is 5.88. The molecule has 0 fully saturated rings.